The predicted octanol–water partition coefficient (Wildman–Crippen LogP) is -4.47. The first-order chi connectivity index (χ1) is 17.6. The number of aliphatic hydroxyl groups is 1. The number of guanidine groups is 1. The van der Waals surface area contributed by atoms with Crippen molar-refractivity contribution in [2.24, 2.45) is 28.1 Å². The molecule has 17 nitrogen and oxygen atoms in total. The molecule has 0 heterocycles. The molecule has 0 saturated carbocycles. The number of carboxylic acid groups (broad SMARTS) is 2. The summed E-state index contributed by atoms with van der Waals surface area (Å²) >= 11 is 0. The van der Waals surface area contributed by atoms with E-state index >= 15 is 0 Å². The standard InChI is InChI=1S/C21H38N8O9/c1-9(2)15(20(37)38)29-17(34)11(5-4-6-25-21(23)24)26-18(35)12(7-14(32)33)27-19(36)16(10(3)30)28-13(31)8-22/h9-12,15-16,30H,4-8,22H2,1-3H3,(H,26,35)(H,27,36)(H,28,31)(H,29,34)(H,32,33)(H,37,38)(H4,23,24,25)/t10-,11+,12+,15+,16+/m1/s1. The lowest BCUT2D eigenvalue weighted by atomic mass is 10.0. The first-order valence-electron chi connectivity index (χ1n) is 11.7. The zero-order chi connectivity index (χ0) is 29.6. The van der Waals surface area contributed by atoms with Gasteiger partial charge in [-0.3, -0.25) is 29.0 Å². The molecule has 0 rings (SSSR count). The molecule has 0 aromatic heterocycles. The number of aliphatic carboxylic acids is 2. The van der Waals surface area contributed by atoms with Gasteiger partial charge < -0.3 is 53.8 Å². The van der Waals surface area contributed by atoms with Crippen LogP contribution < -0.4 is 38.5 Å². The number of hydrogen-bond donors (Lipinski definition) is 10. The first kappa shape index (κ1) is 34.0. The molecule has 5 atom stereocenters. The number of carboxylic acids is 2. The molecule has 0 aromatic carbocycles. The topological polar surface area (TPSA) is 302 Å². The van der Waals surface area contributed by atoms with E-state index in [1.54, 1.807) is 13.8 Å². The maximum absolute atomic E-state index is 13.0. The van der Waals surface area contributed by atoms with E-state index in [1.807, 2.05) is 0 Å². The van der Waals surface area contributed by atoms with Crippen LogP contribution in [0.3, 0.4) is 0 Å². The van der Waals surface area contributed by atoms with Crippen molar-refractivity contribution in [3.8, 4) is 0 Å². The molecule has 216 valence electrons. The average Bonchev–Trinajstić information content (AvgIpc) is 2.80. The highest BCUT2D eigenvalue weighted by molar-refractivity contribution is 5.96. The van der Waals surface area contributed by atoms with E-state index < -0.39 is 84.7 Å². The Labute approximate surface area is 219 Å². The van der Waals surface area contributed by atoms with E-state index in [4.69, 9.17) is 17.2 Å². The number of rotatable bonds is 17. The summed E-state index contributed by atoms with van der Waals surface area (Å²) < 4.78 is 0. The predicted molar refractivity (Wildman–Crippen MR) is 133 cm³/mol. The molecule has 0 aliphatic heterocycles. The summed E-state index contributed by atoms with van der Waals surface area (Å²) in [4.78, 5) is 76.7. The van der Waals surface area contributed by atoms with Crippen LogP contribution in [0.15, 0.2) is 4.99 Å². The maximum atomic E-state index is 13.0. The van der Waals surface area contributed by atoms with Gasteiger partial charge in [-0.15, -0.1) is 0 Å². The second kappa shape index (κ2) is 16.7. The van der Waals surface area contributed by atoms with E-state index in [9.17, 15) is 44.1 Å². The maximum Gasteiger partial charge on any atom is 0.326 e. The van der Waals surface area contributed by atoms with Gasteiger partial charge in [-0.1, -0.05) is 13.8 Å². The van der Waals surface area contributed by atoms with Crippen molar-refractivity contribution in [1.29, 1.82) is 0 Å². The van der Waals surface area contributed by atoms with Gasteiger partial charge in [-0.25, -0.2) is 4.79 Å². The van der Waals surface area contributed by atoms with E-state index in [2.05, 4.69) is 26.3 Å². The summed E-state index contributed by atoms with van der Waals surface area (Å²) in [5, 5.41) is 37.4. The summed E-state index contributed by atoms with van der Waals surface area (Å²) in [6, 6.07) is -5.93. The Morgan fingerprint density at radius 2 is 1.37 bits per heavy atom. The minimum atomic E-state index is -1.73. The van der Waals surface area contributed by atoms with E-state index in [0.717, 1.165) is 0 Å². The molecule has 0 bridgehead atoms. The quantitative estimate of drug-likeness (QED) is 0.0469. The highest BCUT2D eigenvalue weighted by Crippen LogP contribution is 2.07. The highest BCUT2D eigenvalue weighted by Gasteiger charge is 2.33. The fourth-order valence-corrected chi connectivity index (χ4v) is 3.10. The van der Waals surface area contributed by atoms with Crippen LogP contribution in [0, 0.1) is 5.92 Å². The van der Waals surface area contributed by atoms with Crippen LogP contribution in [0.2, 0.25) is 0 Å². The molecule has 0 aliphatic carbocycles. The smallest absolute Gasteiger partial charge is 0.326 e. The summed E-state index contributed by atoms with van der Waals surface area (Å²) in [6.45, 7) is 3.87. The van der Waals surface area contributed by atoms with Gasteiger partial charge >= 0.3 is 11.9 Å². The largest absolute Gasteiger partial charge is 0.481 e. The van der Waals surface area contributed by atoms with Crippen LogP contribution in [0.4, 0.5) is 0 Å². The number of aliphatic hydroxyl groups excluding tert-OH is 1. The fourth-order valence-electron chi connectivity index (χ4n) is 3.10. The molecule has 38 heavy (non-hydrogen) atoms. The number of amides is 4. The Morgan fingerprint density at radius 3 is 1.82 bits per heavy atom. The molecule has 17 heteroatoms. The number of aliphatic imine (C=N–C) groups is 1. The molecule has 0 aromatic rings. The lowest BCUT2D eigenvalue weighted by Crippen LogP contribution is -2.60. The summed E-state index contributed by atoms with van der Waals surface area (Å²) in [5.41, 5.74) is 15.7. The fraction of sp³-hybridized carbons (Fsp3) is 0.667. The Hall–Kier alpha value is -3.99. The van der Waals surface area contributed by atoms with Crippen molar-refractivity contribution in [1.82, 2.24) is 21.3 Å². The van der Waals surface area contributed by atoms with E-state index in [-0.39, 0.29) is 25.3 Å². The lowest BCUT2D eigenvalue weighted by molar-refractivity contribution is -0.144. The molecule has 0 aliphatic rings. The van der Waals surface area contributed by atoms with Crippen molar-refractivity contribution in [3.63, 3.8) is 0 Å². The lowest BCUT2D eigenvalue weighted by Gasteiger charge is -2.26. The second-order valence-corrected chi connectivity index (χ2v) is 8.73. The Bertz CT molecular complexity index is 890. The van der Waals surface area contributed by atoms with Crippen LogP contribution in [0.5, 0.6) is 0 Å². The molecule has 0 saturated heterocycles. The van der Waals surface area contributed by atoms with Gasteiger partial charge in [0.15, 0.2) is 5.96 Å². The monoisotopic (exact) mass is 546 g/mol. The van der Waals surface area contributed by atoms with Gasteiger partial charge in [0.05, 0.1) is 19.1 Å². The molecule has 4 amide bonds. The van der Waals surface area contributed by atoms with Crippen molar-refractivity contribution in [2.75, 3.05) is 13.1 Å². The summed E-state index contributed by atoms with van der Waals surface area (Å²) in [7, 11) is 0. The van der Waals surface area contributed by atoms with Crippen molar-refractivity contribution in [2.45, 2.75) is 70.3 Å². The minimum Gasteiger partial charge on any atom is -0.481 e. The molecule has 0 radical (unpaired) electrons. The Balaban J connectivity index is 5.85. The third-order valence-corrected chi connectivity index (χ3v) is 5.09. The molecule has 13 N–H and O–H groups in total. The molecule has 0 spiro atoms. The van der Waals surface area contributed by atoms with Gasteiger partial charge in [0.25, 0.3) is 0 Å². The van der Waals surface area contributed by atoms with Crippen LogP contribution in [0.1, 0.15) is 40.0 Å². The van der Waals surface area contributed by atoms with Gasteiger partial charge in [-0.05, 0) is 25.7 Å². The van der Waals surface area contributed by atoms with Crippen molar-refractivity contribution in [3.05, 3.63) is 0 Å². The van der Waals surface area contributed by atoms with Gasteiger partial charge in [0, 0.05) is 6.54 Å². The zero-order valence-corrected chi connectivity index (χ0v) is 21.5. The number of hydrogen-bond acceptors (Lipinski definition) is 9. The highest BCUT2D eigenvalue weighted by atomic mass is 16.4. The van der Waals surface area contributed by atoms with Crippen molar-refractivity contribution < 1.29 is 44.1 Å². The summed E-state index contributed by atoms with van der Waals surface area (Å²) in [6.07, 6.45) is -2.26. The van der Waals surface area contributed by atoms with Crippen LogP contribution in [0.25, 0.3) is 0 Å². The van der Waals surface area contributed by atoms with Gasteiger partial charge in [-0.2, -0.15) is 0 Å². The van der Waals surface area contributed by atoms with Gasteiger partial charge in [0.2, 0.25) is 23.6 Å². The van der Waals surface area contributed by atoms with E-state index in [1.165, 1.54) is 6.92 Å². The number of nitrogens with one attached hydrogen (secondary N) is 4. The third-order valence-electron chi connectivity index (χ3n) is 5.09. The van der Waals surface area contributed by atoms with Crippen LogP contribution in [-0.4, -0.2) is 100 Å². The SMILES string of the molecule is CC(C)[C@H](NC(=O)[C@H](CCCN=C(N)N)NC(=O)[C@H](CC(=O)O)NC(=O)[C@@H](NC(=O)CN)[C@@H](C)O)C(=O)O. The second-order valence-electron chi connectivity index (χ2n) is 8.73. The Kier molecular flexibility index (Phi) is 14.9. The van der Waals surface area contributed by atoms with Gasteiger partial charge in [0.1, 0.15) is 24.2 Å². The minimum absolute atomic E-state index is 0.0702. The number of carbonyl (C=O) groups excluding carboxylic acids is 4. The van der Waals surface area contributed by atoms with Crippen LogP contribution in [-0.2, 0) is 28.8 Å². The molecule has 0 fully saturated rings. The van der Waals surface area contributed by atoms with E-state index in [0.29, 0.717) is 0 Å². The normalized spacial score (nSPS) is 14.7. The Morgan fingerprint density at radius 1 is 0.816 bits per heavy atom. The average molecular weight is 547 g/mol. The van der Waals surface area contributed by atoms with Crippen molar-refractivity contribution >= 4 is 41.5 Å². The molecular formula is C21H38N8O9. The number of nitrogens with zero attached hydrogens (tertiary/aromatic N) is 1. The molecule has 0 unspecified atom stereocenters. The zero-order valence-electron chi connectivity index (χ0n) is 21.5. The summed E-state index contributed by atoms with van der Waals surface area (Å²) in [5.74, 6) is -7.34. The third kappa shape index (κ3) is 12.8. The molecular weight excluding hydrogens is 508 g/mol. The number of carbonyl (C=O) groups is 6. The van der Waals surface area contributed by atoms with Crippen LogP contribution >= 0.6 is 0 Å². The first-order valence-corrected chi connectivity index (χ1v) is 11.7. The number of nitrogens with two attached hydrogens (primary N) is 3.